The van der Waals surface area contributed by atoms with Gasteiger partial charge < -0.3 is 5.11 Å². The Bertz CT molecular complexity index is 489. The zero-order valence-electron chi connectivity index (χ0n) is 29.4. The van der Waals surface area contributed by atoms with Crippen molar-refractivity contribution in [1.29, 1.82) is 0 Å². The van der Waals surface area contributed by atoms with Crippen LogP contribution in [0.1, 0.15) is 226 Å². The van der Waals surface area contributed by atoms with Gasteiger partial charge in [0.25, 0.3) is 0 Å². The summed E-state index contributed by atoms with van der Waals surface area (Å²) in [7, 11) is 0. The van der Waals surface area contributed by atoms with Gasteiger partial charge in [-0.15, -0.1) is 0 Å². The van der Waals surface area contributed by atoms with Crippen LogP contribution in [0.2, 0.25) is 0 Å². The van der Waals surface area contributed by atoms with E-state index >= 15 is 0 Å². The Labute approximate surface area is 265 Å². The van der Waals surface area contributed by atoms with E-state index < -0.39 is 5.97 Å². The van der Waals surface area contributed by atoms with Gasteiger partial charge in [-0.05, 0) is 32.4 Å². The molecule has 1 unspecified atom stereocenters. The van der Waals surface area contributed by atoms with E-state index in [2.05, 4.69) is 25.7 Å². The molecule has 0 aliphatic heterocycles. The van der Waals surface area contributed by atoms with Crippen molar-refractivity contribution in [2.45, 2.75) is 232 Å². The molecule has 0 aromatic heterocycles. The van der Waals surface area contributed by atoms with Gasteiger partial charge in [-0.2, -0.15) is 0 Å². The lowest BCUT2D eigenvalue weighted by Crippen LogP contribution is -2.42. The molecule has 0 fully saturated rings. The van der Waals surface area contributed by atoms with Gasteiger partial charge in [-0.1, -0.05) is 207 Å². The van der Waals surface area contributed by atoms with Gasteiger partial charge in [-0.25, -0.2) is 0 Å². The number of aliphatic carboxylic acids is 1. The van der Waals surface area contributed by atoms with Crippen LogP contribution < -0.4 is 0 Å². The predicted octanol–water partition coefficient (Wildman–Crippen LogP) is 13.3. The van der Waals surface area contributed by atoms with Crippen LogP contribution >= 0.6 is 0 Å². The van der Waals surface area contributed by atoms with E-state index in [1.807, 2.05) is 0 Å². The largest absolute Gasteiger partial charge is 0.480 e. The second-order valence-corrected chi connectivity index (χ2v) is 13.6. The summed E-state index contributed by atoms with van der Waals surface area (Å²) in [5.41, 5.74) is 0. The first kappa shape index (κ1) is 41.4. The number of carboxylic acids is 1. The highest BCUT2D eigenvalue weighted by atomic mass is 16.4. The van der Waals surface area contributed by atoms with E-state index in [1.165, 1.54) is 180 Å². The number of nitrogens with zero attached hydrogens (tertiary/aromatic N) is 1. The van der Waals surface area contributed by atoms with Crippen LogP contribution in [0.4, 0.5) is 0 Å². The molecule has 0 saturated carbocycles. The van der Waals surface area contributed by atoms with Gasteiger partial charge in [0.2, 0.25) is 0 Å². The molecule has 1 atom stereocenters. The van der Waals surface area contributed by atoms with Gasteiger partial charge in [0.1, 0.15) is 6.04 Å². The van der Waals surface area contributed by atoms with Gasteiger partial charge in [0.15, 0.2) is 0 Å². The quantitative estimate of drug-likeness (QED) is 0.0734. The normalized spacial score (nSPS) is 12.4. The maximum atomic E-state index is 12.0. The average molecular weight is 594 g/mol. The molecule has 0 aliphatic carbocycles. The smallest absolute Gasteiger partial charge is 0.320 e. The molecule has 0 amide bonds. The number of carbonyl (C=O) groups is 1. The Morgan fingerprint density at radius 3 is 0.857 bits per heavy atom. The summed E-state index contributed by atoms with van der Waals surface area (Å²) in [6.45, 7) is 8.63. The third-order valence-corrected chi connectivity index (χ3v) is 9.39. The van der Waals surface area contributed by atoms with Crippen LogP contribution in [0.15, 0.2) is 0 Å². The second kappa shape index (κ2) is 34.9. The van der Waals surface area contributed by atoms with Gasteiger partial charge >= 0.3 is 5.97 Å². The molecular formula is C39H79NO2. The topological polar surface area (TPSA) is 40.5 Å². The van der Waals surface area contributed by atoms with E-state index in [4.69, 9.17) is 0 Å². The van der Waals surface area contributed by atoms with Crippen LogP contribution in [-0.4, -0.2) is 35.1 Å². The highest BCUT2D eigenvalue weighted by Crippen LogP contribution is 2.17. The second-order valence-electron chi connectivity index (χ2n) is 13.6. The fraction of sp³-hybridized carbons (Fsp3) is 0.974. The Kier molecular flexibility index (Phi) is 34.4. The highest BCUT2D eigenvalue weighted by molar-refractivity contribution is 5.73. The monoisotopic (exact) mass is 594 g/mol. The van der Waals surface area contributed by atoms with Gasteiger partial charge in [-0.3, -0.25) is 9.69 Å². The highest BCUT2D eigenvalue weighted by Gasteiger charge is 2.23. The molecular weight excluding hydrogens is 514 g/mol. The first-order chi connectivity index (χ1) is 20.7. The minimum absolute atomic E-state index is 0.284. The van der Waals surface area contributed by atoms with Crippen molar-refractivity contribution in [3.63, 3.8) is 0 Å². The predicted molar refractivity (Wildman–Crippen MR) is 188 cm³/mol. The fourth-order valence-corrected chi connectivity index (χ4v) is 6.53. The Balaban J connectivity index is 3.83. The minimum Gasteiger partial charge on any atom is -0.480 e. The summed E-state index contributed by atoms with van der Waals surface area (Å²) in [5, 5.41) is 9.88. The molecule has 1 N–H and O–H groups in total. The molecule has 0 aliphatic rings. The molecule has 0 radical (unpaired) electrons. The average Bonchev–Trinajstić information content (AvgIpc) is 2.98. The lowest BCUT2D eigenvalue weighted by Gasteiger charge is -2.29. The van der Waals surface area contributed by atoms with Crippen molar-refractivity contribution < 1.29 is 9.90 Å². The van der Waals surface area contributed by atoms with E-state index in [0.717, 1.165) is 38.8 Å². The Hall–Kier alpha value is -0.570. The molecule has 252 valence electrons. The van der Waals surface area contributed by atoms with Crippen molar-refractivity contribution in [2.75, 3.05) is 13.1 Å². The lowest BCUT2D eigenvalue weighted by atomic mass is 10.0. The lowest BCUT2D eigenvalue weighted by molar-refractivity contribution is -0.143. The first-order valence-corrected chi connectivity index (χ1v) is 19.6. The van der Waals surface area contributed by atoms with Crippen molar-refractivity contribution in [2.24, 2.45) is 0 Å². The molecule has 0 aromatic rings. The fourth-order valence-electron chi connectivity index (χ4n) is 6.53. The number of rotatable bonds is 36. The van der Waals surface area contributed by atoms with E-state index in [9.17, 15) is 9.90 Å². The van der Waals surface area contributed by atoms with E-state index in [0.29, 0.717) is 0 Å². The first-order valence-electron chi connectivity index (χ1n) is 19.6. The third kappa shape index (κ3) is 29.5. The molecule has 42 heavy (non-hydrogen) atoms. The molecule has 0 heterocycles. The number of hydrogen-bond acceptors (Lipinski definition) is 2. The SMILES string of the molecule is CCCCCCCCCCCCCCCCCN(CCCCCCCCCCCCCCCCC)C(CCC)C(=O)O. The molecule has 0 saturated heterocycles. The summed E-state index contributed by atoms with van der Waals surface area (Å²) >= 11 is 0. The Morgan fingerprint density at radius 2 is 0.643 bits per heavy atom. The minimum atomic E-state index is -0.612. The maximum absolute atomic E-state index is 12.0. The van der Waals surface area contributed by atoms with Gasteiger partial charge in [0.05, 0.1) is 0 Å². The molecule has 0 bridgehead atoms. The van der Waals surface area contributed by atoms with Crippen LogP contribution in [0.3, 0.4) is 0 Å². The zero-order chi connectivity index (χ0) is 30.8. The molecule has 3 nitrogen and oxygen atoms in total. The maximum Gasteiger partial charge on any atom is 0.320 e. The molecule has 3 heteroatoms. The van der Waals surface area contributed by atoms with Crippen LogP contribution in [0, 0.1) is 0 Å². The number of hydrogen-bond donors (Lipinski definition) is 1. The number of carboxylic acid groups (broad SMARTS) is 1. The number of unbranched alkanes of at least 4 members (excludes halogenated alkanes) is 28. The summed E-state index contributed by atoms with van der Waals surface area (Å²) in [6.07, 6.45) is 43.1. The standard InChI is InChI=1S/C39H79NO2/c1-4-7-9-11-13-15-17-19-21-23-25-27-29-31-33-36-40(38(35-6-3)39(41)42)37-34-32-30-28-26-24-22-20-18-16-14-12-10-8-5-2/h38H,4-37H2,1-3H3,(H,41,42). The summed E-state index contributed by atoms with van der Waals surface area (Å²) in [5.74, 6) is -0.612. The van der Waals surface area contributed by atoms with Crippen LogP contribution in [0.25, 0.3) is 0 Å². The molecule has 0 spiro atoms. The van der Waals surface area contributed by atoms with Crippen LogP contribution in [-0.2, 0) is 4.79 Å². The van der Waals surface area contributed by atoms with Crippen molar-refractivity contribution >= 4 is 5.97 Å². The summed E-state index contributed by atoms with van der Waals surface area (Å²) in [6, 6.07) is -0.284. The third-order valence-electron chi connectivity index (χ3n) is 9.39. The van der Waals surface area contributed by atoms with Crippen molar-refractivity contribution in [3.05, 3.63) is 0 Å². The van der Waals surface area contributed by atoms with Gasteiger partial charge in [0, 0.05) is 0 Å². The zero-order valence-corrected chi connectivity index (χ0v) is 29.4. The van der Waals surface area contributed by atoms with Crippen LogP contribution in [0.5, 0.6) is 0 Å². The van der Waals surface area contributed by atoms with E-state index in [1.54, 1.807) is 0 Å². The van der Waals surface area contributed by atoms with Crippen molar-refractivity contribution in [1.82, 2.24) is 4.90 Å². The van der Waals surface area contributed by atoms with Crippen molar-refractivity contribution in [3.8, 4) is 0 Å². The summed E-state index contributed by atoms with van der Waals surface area (Å²) < 4.78 is 0. The molecule has 0 aromatic carbocycles. The Morgan fingerprint density at radius 1 is 0.405 bits per heavy atom. The van der Waals surface area contributed by atoms with E-state index in [-0.39, 0.29) is 6.04 Å². The molecule has 0 rings (SSSR count). The summed E-state index contributed by atoms with van der Waals surface area (Å²) in [4.78, 5) is 14.3.